The van der Waals surface area contributed by atoms with E-state index in [9.17, 15) is 18.0 Å². The lowest BCUT2D eigenvalue weighted by atomic mass is 10.0. The van der Waals surface area contributed by atoms with Gasteiger partial charge in [-0.05, 0) is 69.5 Å². The molecular formula is C26H34Cl3N3O4S. The molecule has 1 unspecified atom stereocenters. The van der Waals surface area contributed by atoms with E-state index in [0.29, 0.717) is 32.7 Å². The van der Waals surface area contributed by atoms with Crippen LogP contribution < -0.4 is 9.62 Å². The van der Waals surface area contributed by atoms with E-state index in [1.165, 1.54) is 9.21 Å². The molecule has 0 aliphatic heterocycles. The van der Waals surface area contributed by atoms with Gasteiger partial charge in [-0.25, -0.2) is 8.42 Å². The molecule has 0 aromatic heterocycles. The van der Waals surface area contributed by atoms with Gasteiger partial charge in [-0.2, -0.15) is 0 Å². The lowest BCUT2D eigenvalue weighted by molar-refractivity contribution is -0.142. The molecule has 1 N–H and O–H groups in total. The second kappa shape index (κ2) is 13.2. The van der Waals surface area contributed by atoms with Gasteiger partial charge >= 0.3 is 0 Å². The predicted octanol–water partition coefficient (Wildman–Crippen LogP) is 5.92. The Morgan fingerprint density at radius 3 is 2.22 bits per heavy atom. The number of nitrogens with zero attached hydrogens (tertiary/aromatic N) is 2. The number of nitrogens with one attached hydrogen (secondary N) is 1. The van der Waals surface area contributed by atoms with Crippen molar-refractivity contribution in [1.29, 1.82) is 0 Å². The minimum absolute atomic E-state index is 0.0249. The standard InChI is InChI=1S/C26H34Cl3N3O4S/c1-6-23(25(34)30-26(2,3)4)31(17-18-12-13-20(28)16-22(18)29)24(33)11-8-14-32(37(5,35)36)21-10-7-9-19(27)15-21/h7,9-10,12-13,15-16,23H,6,8,11,14,17H2,1-5H3,(H,30,34). The maximum Gasteiger partial charge on any atom is 0.243 e. The Kier molecular flexibility index (Phi) is 11.1. The van der Waals surface area contributed by atoms with Crippen LogP contribution in [0.25, 0.3) is 0 Å². The summed E-state index contributed by atoms with van der Waals surface area (Å²) < 4.78 is 26.1. The van der Waals surface area contributed by atoms with Crippen LogP contribution in [0.5, 0.6) is 0 Å². The largest absolute Gasteiger partial charge is 0.350 e. The minimum Gasteiger partial charge on any atom is -0.350 e. The molecule has 0 saturated carbocycles. The number of hydrogen-bond donors (Lipinski definition) is 1. The molecule has 0 fully saturated rings. The maximum atomic E-state index is 13.5. The van der Waals surface area contributed by atoms with Gasteiger partial charge in [0.15, 0.2) is 0 Å². The molecule has 2 amide bonds. The summed E-state index contributed by atoms with van der Waals surface area (Å²) in [6, 6.07) is 10.8. The van der Waals surface area contributed by atoms with Crippen molar-refractivity contribution in [3.63, 3.8) is 0 Å². The first-order chi connectivity index (χ1) is 17.1. The molecule has 0 saturated heterocycles. The molecule has 204 valence electrons. The van der Waals surface area contributed by atoms with Crippen LogP contribution in [0.2, 0.25) is 15.1 Å². The van der Waals surface area contributed by atoms with Crippen molar-refractivity contribution in [3.05, 3.63) is 63.1 Å². The van der Waals surface area contributed by atoms with Crippen LogP contribution >= 0.6 is 34.8 Å². The molecule has 2 rings (SSSR count). The molecular weight excluding hydrogens is 557 g/mol. The van der Waals surface area contributed by atoms with Crippen LogP contribution in [0.15, 0.2) is 42.5 Å². The van der Waals surface area contributed by atoms with Crippen LogP contribution in [0, 0.1) is 0 Å². The predicted molar refractivity (Wildman–Crippen MR) is 152 cm³/mol. The highest BCUT2D eigenvalue weighted by molar-refractivity contribution is 7.92. The van der Waals surface area contributed by atoms with Crippen LogP contribution in [0.3, 0.4) is 0 Å². The Bertz CT molecular complexity index is 1220. The minimum atomic E-state index is -3.61. The molecule has 0 bridgehead atoms. The smallest absolute Gasteiger partial charge is 0.243 e. The number of amides is 2. The molecule has 0 aliphatic rings. The highest BCUT2D eigenvalue weighted by atomic mass is 35.5. The third-order valence-corrected chi connectivity index (χ3v) is 7.50. The zero-order valence-electron chi connectivity index (χ0n) is 21.7. The molecule has 1 atom stereocenters. The Morgan fingerprint density at radius 2 is 1.68 bits per heavy atom. The fourth-order valence-electron chi connectivity index (χ4n) is 3.84. The number of anilines is 1. The molecule has 2 aromatic rings. The van der Waals surface area contributed by atoms with Crippen molar-refractivity contribution in [2.24, 2.45) is 0 Å². The van der Waals surface area contributed by atoms with E-state index in [-0.39, 0.29) is 37.7 Å². The van der Waals surface area contributed by atoms with Crippen LogP contribution in [-0.4, -0.2) is 49.5 Å². The number of hydrogen-bond acceptors (Lipinski definition) is 4. The fourth-order valence-corrected chi connectivity index (χ4v) is 5.45. The zero-order chi connectivity index (χ0) is 28.0. The van der Waals surface area contributed by atoms with E-state index in [0.717, 1.165) is 6.26 Å². The quantitative estimate of drug-likeness (QED) is 0.352. The Morgan fingerprint density at radius 1 is 1.03 bits per heavy atom. The number of benzene rings is 2. The van der Waals surface area contributed by atoms with Gasteiger partial charge in [-0.15, -0.1) is 0 Å². The third-order valence-electron chi connectivity index (χ3n) is 5.49. The summed E-state index contributed by atoms with van der Waals surface area (Å²) in [5, 5.41) is 4.21. The first kappa shape index (κ1) is 31.2. The maximum absolute atomic E-state index is 13.5. The van der Waals surface area contributed by atoms with E-state index in [2.05, 4.69) is 5.32 Å². The molecule has 0 radical (unpaired) electrons. The van der Waals surface area contributed by atoms with E-state index < -0.39 is 21.6 Å². The average Bonchev–Trinajstić information content (AvgIpc) is 2.75. The SMILES string of the molecule is CCC(C(=O)NC(C)(C)C)N(Cc1ccc(Cl)cc1Cl)C(=O)CCCN(c1cccc(Cl)c1)S(C)(=O)=O. The second-order valence-corrected chi connectivity index (χ2v) is 13.0. The lowest BCUT2D eigenvalue weighted by Gasteiger charge is -2.33. The molecule has 11 heteroatoms. The summed E-state index contributed by atoms with van der Waals surface area (Å²) in [7, 11) is -3.61. The fraction of sp³-hybridized carbons (Fsp3) is 0.462. The molecule has 7 nitrogen and oxygen atoms in total. The molecule has 0 aliphatic carbocycles. The number of carbonyl (C=O) groups is 2. The van der Waals surface area contributed by atoms with E-state index in [1.54, 1.807) is 42.5 Å². The van der Waals surface area contributed by atoms with E-state index >= 15 is 0 Å². The zero-order valence-corrected chi connectivity index (χ0v) is 24.8. The first-order valence-electron chi connectivity index (χ1n) is 11.9. The van der Waals surface area contributed by atoms with Gasteiger partial charge in [-0.1, -0.05) is 53.9 Å². The summed E-state index contributed by atoms with van der Waals surface area (Å²) in [5.41, 5.74) is 0.589. The van der Waals surface area contributed by atoms with Gasteiger partial charge < -0.3 is 10.2 Å². The van der Waals surface area contributed by atoms with Crippen molar-refractivity contribution < 1.29 is 18.0 Å². The first-order valence-corrected chi connectivity index (χ1v) is 14.9. The summed E-state index contributed by atoms with van der Waals surface area (Å²) in [4.78, 5) is 28.1. The van der Waals surface area contributed by atoms with Crippen molar-refractivity contribution >= 4 is 62.3 Å². The van der Waals surface area contributed by atoms with E-state index in [1.807, 2.05) is 27.7 Å². The summed E-state index contributed by atoms with van der Waals surface area (Å²) >= 11 is 18.5. The third kappa shape index (κ3) is 9.67. The molecule has 2 aromatic carbocycles. The van der Waals surface area contributed by atoms with Gasteiger partial charge in [0.1, 0.15) is 6.04 Å². The van der Waals surface area contributed by atoms with Crippen LogP contribution in [0.1, 0.15) is 52.5 Å². The number of carbonyl (C=O) groups excluding carboxylic acids is 2. The van der Waals surface area contributed by atoms with Crippen molar-refractivity contribution in [2.45, 2.75) is 65.1 Å². The molecule has 37 heavy (non-hydrogen) atoms. The van der Waals surface area contributed by atoms with Crippen molar-refractivity contribution in [1.82, 2.24) is 10.2 Å². The topological polar surface area (TPSA) is 86.8 Å². The highest BCUT2D eigenvalue weighted by Crippen LogP contribution is 2.25. The van der Waals surface area contributed by atoms with Gasteiger partial charge in [0.25, 0.3) is 0 Å². The van der Waals surface area contributed by atoms with Crippen LogP contribution in [0.4, 0.5) is 5.69 Å². The van der Waals surface area contributed by atoms with Gasteiger partial charge in [0, 0.05) is 40.1 Å². The highest BCUT2D eigenvalue weighted by Gasteiger charge is 2.31. The van der Waals surface area contributed by atoms with Gasteiger partial charge in [0.2, 0.25) is 21.8 Å². The molecule has 0 heterocycles. The lowest BCUT2D eigenvalue weighted by Crippen LogP contribution is -2.53. The Labute approximate surface area is 235 Å². The summed E-state index contributed by atoms with van der Waals surface area (Å²) in [6.07, 6.45) is 1.75. The average molecular weight is 591 g/mol. The Hall–Kier alpha value is -2.00. The normalized spacial score (nSPS) is 12.6. The summed E-state index contributed by atoms with van der Waals surface area (Å²) in [6.45, 7) is 7.63. The van der Waals surface area contributed by atoms with E-state index in [4.69, 9.17) is 34.8 Å². The monoisotopic (exact) mass is 589 g/mol. The summed E-state index contributed by atoms with van der Waals surface area (Å²) in [5.74, 6) is -0.563. The number of sulfonamides is 1. The number of rotatable bonds is 11. The van der Waals surface area contributed by atoms with Gasteiger partial charge in [-0.3, -0.25) is 13.9 Å². The van der Waals surface area contributed by atoms with Crippen molar-refractivity contribution in [2.75, 3.05) is 17.1 Å². The van der Waals surface area contributed by atoms with Gasteiger partial charge in [0.05, 0.1) is 11.9 Å². The second-order valence-electron chi connectivity index (χ2n) is 9.84. The van der Waals surface area contributed by atoms with Crippen LogP contribution in [-0.2, 0) is 26.2 Å². The molecule has 0 spiro atoms. The number of halogens is 3. The Balaban J connectivity index is 2.28. The van der Waals surface area contributed by atoms with Crippen molar-refractivity contribution in [3.8, 4) is 0 Å².